The summed E-state index contributed by atoms with van der Waals surface area (Å²) in [5, 5.41) is 3.10. The normalized spacial score (nSPS) is 19.3. The second kappa shape index (κ2) is 5.63. The Morgan fingerprint density at radius 1 is 1.38 bits per heavy atom. The third-order valence-corrected chi connectivity index (χ3v) is 2.49. The van der Waals surface area contributed by atoms with Crippen LogP contribution in [0.15, 0.2) is 35.3 Å². The van der Waals surface area contributed by atoms with Gasteiger partial charge in [0, 0.05) is 6.42 Å². The van der Waals surface area contributed by atoms with E-state index in [1.54, 1.807) is 0 Å². The number of hydroxylamine groups is 1. The molecule has 0 aromatic heterocycles. The summed E-state index contributed by atoms with van der Waals surface area (Å²) < 4.78 is 0. The first-order chi connectivity index (χ1) is 7.90. The van der Waals surface area contributed by atoms with Crippen LogP contribution in [-0.4, -0.2) is 19.5 Å². The van der Waals surface area contributed by atoms with E-state index < -0.39 is 0 Å². The first-order valence-electron chi connectivity index (χ1n) is 5.59. The van der Waals surface area contributed by atoms with Gasteiger partial charge in [0.15, 0.2) is 6.17 Å². The molecule has 4 nitrogen and oxygen atoms in total. The molecule has 0 aliphatic carbocycles. The van der Waals surface area contributed by atoms with Gasteiger partial charge in [0.1, 0.15) is 0 Å². The molecule has 0 radical (unpaired) electrons. The van der Waals surface area contributed by atoms with Gasteiger partial charge in [-0.2, -0.15) is 0 Å². The molecule has 4 heteroatoms. The molecule has 2 N–H and O–H groups in total. The van der Waals surface area contributed by atoms with E-state index in [-0.39, 0.29) is 6.17 Å². The molecule has 1 heterocycles. The van der Waals surface area contributed by atoms with Gasteiger partial charge < -0.3 is 10.2 Å². The van der Waals surface area contributed by atoms with E-state index in [4.69, 9.17) is 4.84 Å². The van der Waals surface area contributed by atoms with Gasteiger partial charge in [-0.3, -0.25) is 0 Å². The Bertz CT molecular complexity index is 351. The minimum absolute atomic E-state index is 0.0502. The van der Waals surface area contributed by atoms with Gasteiger partial charge in [-0.25, -0.2) is 4.99 Å². The first kappa shape index (κ1) is 11.1. The molecule has 0 amide bonds. The van der Waals surface area contributed by atoms with Crippen LogP contribution in [0.3, 0.4) is 0 Å². The lowest BCUT2D eigenvalue weighted by atomic mass is 10.2. The molecule has 1 aliphatic heterocycles. The lowest BCUT2D eigenvalue weighted by Gasteiger charge is -2.04. The largest absolute Gasteiger partial charge is 0.391 e. The lowest BCUT2D eigenvalue weighted by molar-refractivity contribution is 0.175. The van der Waals surface area contributed by atoms with E-state index in [0.29, 0.717) is 0 Å². The van der Waals surface area contributed by atoms with Crippen molar-refractivity contribution in [2.75, 3.05) is 13.6 Å². The van der Waals surface area contributed by atoms with Gasteiger partial charge >= 0.3 is 0 Å². The van der Waals surface area contributed by atoms with Crippen LogP contribution in [0.5, 0.6) is 0 Å². The number of nitrogens with zero attached hydrogens (tertiary/aromatic N) is 1. The van der Waals surface area contributed by atoms with E-state index in [2.05, 4.69) is 15.8 Å². The van der Waals surface area contributed by atoms with E-state index in [1.165, 1.54) is 0 Å². The van der Waals surface area contributed by atoms with Gasteiger partial charge in [0.25, 0.3) is 0 Å². The Kier molecular flexibility index (Phi) is 3.91. The summed E-state index contributed by atoms with van der Waals surface area (Å²) in [5.41, 5.74) is 4.06. The molecule has 86 valence electrons. The molecule has 1 atom stereocenters. The summed E-state index contributed by atoms with van der Waals surface area (Å²) in [4.78, 5) is 9.82. The highest BCUT2D eigenvalue weighted by molar-refractivity contribution is 5.77. The maximum atomic E-state index is 5.34. The number of hydrogen-bond donors (Lipinski definition) is 2. The Morgan fingerprint density at radius 3 is 2.94 bits per heavy atom. The Morgan fingerprint density at radius 2 is 2.19 bits per heavy atom. The highest BCUT2D eigenvalue weighted by atomic mass is 16.7. The number of nitrogens with one attached hydrogen (secondary N) is 2. The summed E-state index contributed by atoms with van der Waals surface area (Å²) >= 11 is 0. The van der Waals surface area contributed by atoms with Crippen molar-refractivity contribution < 1.29 is 4.84 Å². The Labute approximate surface area is 95.7 Å². The molecule has 1 aromatic rings. The summed E-state index contributed by atoms with van der Waals surface area (Å²) in [6.07, 6.45) is 1.86. The van der Waals surface area contributed by atoms with Gasteiger partial charge in [-0.15, -0.1) is 5.48 Å². The van der Waals surface area contributed by atoms with Crippen LogP contribution in [0.2, 0.25) is 0 Å². The summed E-state index contributed by atoms with van der Waals surface area (Å²) in [6, 6.07) is 10.1. The molecular weight excluding hydrogens is 202 g/mol. The molecule has 2 rings (SSSR count). The van der Waals surface area contributed by atoms with Crippen LogP contribution in [-0.2, 0) is 4.84 Å². The number of hydrogen-bond acceptors (Lipinski definition) is 4. The predicted octanol–water partition coefficient (Wildman–Crippen LogP) is 1.62. The molecule has 0 spiro atoms. The van der Waals surface area contributed by atoms with Crippen LogP contribution in [0.1, 0.15) is 24.6 Å². The molecule has 1 unspecified atom stereocenters. The molecule has 0 bridgehead atoms. The van der Waals surface area contributed by atoms with Crippen molar-refractivity contribution in [3.05, 3.63) is 35.9 Å². The summed E-state index contributed by atoms with van der Waals surface area (Å²) in [6.45, 7) is 0.985. The number of aliphatic imine (C=N–C) groups is 1. The van der Waals surface area contributed by atoms with E-state index in [1.807, 2.05) is 37.4 Å². The molecule has 0 fully saturated rings. The number of rotatable bonds is 5. The second-order valence-electron chi connectivity index (χ2n) is 3.76. The molecule has 0 saturated heterocycles. The third-order valence-electron chi connectivity index (χ3n) is 2.49. The Balaban J connectivity index is 1.90. The molecule has 1 aromatic carbocycles. The van der Waals surface area contributed by atoms with Gasteiger partial charge in [0.2, 0.25) is 5.90 Å². The van der Waals surface area contributed by atoms with Crippen molar-refractivity contribution >= 4 is 5.90 Å². The highest BCUT2D eigenvalue weighted by Gasteiger charge is 2.18. The van der Waals surface area contributed by atoms with Crippen molar-refractivity contribution in [3.8, 4) is 0 Å². The standard InChI is InChI=1S/C12H17N3O/c1-13-9-5-8-11-14-12(15-16-11)10-6-3-2-4-7-10/h2-4,6-7,12-13,15H,5,8-9H2,1H3. The van der Waals surface area contributed by atoms with Crippen molar-refractivity contribution in [2.45, 2.75) is 19.0 Å². The van der Waals surface area contributed by atoms with Crippen LogP contribution in [0.25, 0.3) is 0 Å². The average molecular weight is 219 g/mol. The van der Waals surface area contributed by atoms with Crippen LogP contribution in [0.4, 0.5) is 0 Å². The lowest BCUT2D eigenvalue weighted by Crippen LogP contribution is -2.15. The van der Waals surface area contributed by atoms with E-state index >= 15 is 0 Å². The van der Waals surface area contributed by atoms with Crippen LogP contribution < -0.4 is 10.8 Å². The van der Waals surface area contributed by atoms with E-state index in [0.717, 1.165) is 30.8 Å². The molecule has 16 heavy (non-hydrogen) atoms. The zero-order chi connectivity index (χ0) is 11.2. The zero-order valence-electron chi connectivity index (χ0n) is 9.44. The maximum absolute atomic E-state index is 5.34. The fraction of sp³-hybridized carbons (Fsp3) is 0.417. The summed E-state index contributed by atoms with van der Waals surface area (Å²) in [5.74, 6) is 0.795. The second-order valence-corrected chi connectivity index (χ2v) is 3.76. The number of benzene rings is 1. The fourth-order valence-corrected chi connectivity index (χ4v) is 1.63. The highest BCUT2D eigenvalue weighted by Crippen LogP contribution is 2.19. The van der Waals surface area contributed by atoms with Gasteiger partial charge in [-0.05, 0) is 25.6 Å². The van der Waals surface area contributed by atoms with Crippen LogP contribution >= 0.6 is 0 Å². The predicted molar refractivity (Wildman–Crippen MR) is 64.0 cm³/mol. The van der Waals surface area contributed by atoms with Crippen molar-refractivity contribution in [1.29, 1.82) is 0 Å². The van der Waals surface area contributed by atoms with Gasteiger partial charge in [0.05, 0.1) is 0 Å². The third kappa shape index (κ3) is 2.81. The maximum Gasteiger partial charge on any atom is 0.211 e. The summed E-state index contributed by atoms with van der Waals surface area (Å²) in [7, 11) is 1.95. The quantitative estimate of drug-likeness (QED) is 0.740. The van der Waals surface area contributed by atoms with E-state index in [9.17, 15) is 0 Å². The van der Waals surface area contributed by atoms with Crippen LogP contribution in [0, 0.1) is 0 Å². The monoisotopic (exact) mass is 219 g/mol. The first-order valence-corrected chi connectivity index (χ1v) is 5.59. The molecule has 0 saturated carbocycles. The average Bonchev–Trinajstić information content (AvgIpc) is 2.79. The minimum atomic E-state index is -0.0502. The zero-order valence-corrected chi connectivity index (χ0v) is 9.44. The van der Waals surface area contributed by atoms with Crippen molar-refractivity contribution in [3.63, 3.8) is 0 Å². The molecular formula is C12H17N3O. The smallest absolute Gasteiger partial charge is 0.211 e. The van der Waals surface area contributed by atoms with Crippen molar-refractivity contribution in [1.82, 2.24) is 10.8 Å². The fourth-order valence-electron chi connectivity index (χ4n) is 1.63. The molecule has 1 aliphatic rings. The minimum Gasteiger partial charge on any atom is -0.391 e. The Hall–Kier alpha value is -1.39. The topological polar surface area (TPSA) is 45.7 Å². The SMILES string of the molecule is CNCCCC1=NC(c2ccccc2)NO1. The van der Waals surface area contributed by atoms with Gasteiger partial charge in [-0.1, -0.05) is 30.3 Å². The van der Waals surface area contributed by atoms with Crippen molar-refractivity contribution in [2.24, 2.45) is 4.99 Å².